The molecule has 0 aromatic heterocycles. The lowest BCUT2D eigenvalue weighted by Crippen LogP contribution is -2.37. The Morgan fingerprint density at radius 2 is 1.72 bits per heavy atom. The number of carbonyl (C=O) groups excluding carboxylic acids is 1. The van der Waals surface area contributed by atoms with Crippen molar-refractivity contribution in [1.82, 2.24) is 4.31 Å². The Kier molecular flexibility index (Phi) is 8.25. The second-order valence-electron chi connectivity index (χ2n) is 7.07. The molecule has 0 aliphatic heterocycles. The number of carbonyl (C=O) groups is 1. The van der Waals surface area contributed by atoms with Crippen LogP contribution in [-0.2, 0) is 21.4 Å². The molecule has 168 valence electrons. The van der Waals surface area contributed by atoms with Gasteiger partial charge in [0.05, 0.1) is 17.1 Å². The summed E-state index contributed by atoms with van der Waals surface area (Å²) in [6, 6.07) is 18.7. The number of benzene rings is 3. The van der Waals surface area contributed by atoms with Crippen molar-refractivity contribution in [3.63, 3.8) is 0 Å². The van der Waals surface area contributed by atoms with E-state index in [1.807, 2.05) is 31.4 Å². The van der Waals surface area contributed by atoms with Gasteiger partial charge < -0.3 is 5.32 Å². The van der Waals surface area contributed by atoms with Crippen molar-refractivity contribution >= 4 is 56.6 Å². The number of hydrogen-bond donors (Lipinski definition) is 1. The summed E-state index contributed by atoms with van der Waals surface area (Å²) in [6.45, 7) is 1.42. The molecule has 0 bridgehead atoms. The summed E-state index contributed by atoms with van der Waals surface area (Å²) in [5.41, 5.74) is 2.11. The van der Waals surface area contributed by atoms with E-state index < -0.39 is 15.9 Å². The summed E-state index contributed by atoms with van der Waals surface area (Å²) in [4.78, 5) is 13.9. The molecule has 0 fully saturated rings. The number of anilines is 1. The summed E-state index contributed by atoms with van der Waals surface area (Å²) in [6.07, 6.45) is 1.90. The molecule has 5 nitrogen and oxygen atoms in total. The summed E-state index contributed by atoms with van der Waals surface area (Å²) >= 11 is 13.8. The van der Waals surface area contributed by atoms with Crippen molar-refractivity contribution in [2.45, 2.75) is 23.3 Å². The number of hydrogen-bond acceptors (Lipinski definition) is 4. The first-order chi connectivity index (χ1) is 15.2. The average Bonchev–Trinajstić information content (AvgIpc) is 2.75. The highest BCUT2D eigenvalue weighted by atomic mass is 35.5. The summed E-state index contributed by atoms with van der Waals surface area (Å²) in [7, 11) is -3.97. The van der Waals surface area contributed by atoms with E-state index >= 15 is 0 Å². The zero-order chi connectivity index (χ0) is 23.3. The number of amides is 1. The lowest BCUT2D eigenvalue weighted by Gasteiger charge is -2.23. The normalized spacial score (nSPS) is 11.5. The Balaban J connectivity index is 1.92. The van der Waals surface area contributed by atoms with E-state index in [2.05, 4.69) is 5.32 Å². The van der Waals surface area contributed by atoms with Gasteiger partial charge in [-0.15, -0.1) is 11.8 Å². The first kappa shape index (κ1) is 24.6. The predicted octanol–water partition coefficient (Wildman–Crippen LogP) is 5.85. The van der Waals surface area contributed by atoms with E-state index in [1.165, 1.54) is 23.9 Å². The Morgan fingerprint density at radius 1 is 1.03 bits per heavy atom. The van der Waals surface area contributed by atoms with Crippen LogP contribution in [0.1, 0.15) is 11.1 Å². The third-order valence-corrected chi connectivity index (χ3v) is 7.91. The number of sulfonamides is 1. The van der Waals surface area contributed by atoms with E-state index in [4.69, 9.17) is 23.2 Å². The molecular weight excluding hydrogens is 487 g/mol. The maximum atomic E-state index is 13.4. The molecule has 1 amide bonds. The molecule has 9 heteroatoms. The minimum absolute atomic E-state index is 0.0796. The van der Waals surface area contributed by atoms with Crippen molar-refractivity contribution in [2.24, 2.45) is 0 Å². The Hall–Kier alpha value is -2.03. The fourth-order valence-electron chi connectivity index (χ4n) is 3.02. The third kappa shape index (κ3) is 6.05. The van der Waals surface area contributed by atoms with Gasteiger partial charge in [-0.25, -0.2) is 8.42 Å². The fraction of sp³-hybridized carbons (Fsp3) is 0.174. The summed E-state index contributed by atoms with van der Waals surface area (Å²) < 4.78 is 27.9. The maximum absolute atomic E-state index is 13.4. The molecule has 0 unspecified atom stereocenters. The monoisotopic (exact) mass is 508 g/mol. The molecular formula is C23H22Cl2N2O3S2. The summed E-state index contributed by atoms with van der Waals surface area (Å²) in [5.74, 6) is -0.452. The van der Waals surface area contributed by atoms with Gasteiger partial charge in [0.25, 0.3) is 0 Å². The van der Waals surface area contributed by atoms with E-state index in [0.717, 1.165) is 14.8 Å². The highest BCUT2D eigenvalue weighted by Gasteiger charge is 2.28. The minimum atomic E-state index is -3.97. The van der Waals surface area contributed by atoms with Crippen molar-refractivity contribution < 1.29 is 13.2 Å². The lowest BCUT2D eigenvalue weighted by molar-refractivity contribution is -0.116. The Bertz CT molecular complexity index is 1220. The SMILES string of the molecule is CSc1ccccc1NC(=O)CN(Cc1ccc(Cl)cc1Cl)S(=O)(=O)c1ccc(C)cc1. The number of para-hydroxylation sites is 1. The van der Waals surface area contributed by atoms with Crippen LogP contribution >= 0.6 is 35.0 Å². The lowest BCUT2D eigenvalue weighted by atomic mass is 10.2. The first-order valence-corrected chi connectivity index (χ1v) is 13.1. The van der Waals surface area contributed by atoms with Crippen LogP contribution in [0.3, 0.4) is 0 Å². The molecule has 0 saturated carbocycles. The third-order valence-electron chi connectivity index (χ3n) is 4.72. The van der Waals surface area contributed by atoms with Crippen LogP contribution in [0.2, 0.25) is 10.0 Å². The molecule has 0 aliphatic carbocycles. The number of nitrogens with zero attached hydrogens (tertiary/aromatic N) is 1. The fourth-order valence-corrected chi connectivity index (χ4v) is 5.42. The second-order valence-corrected chi connectivity index (χ2v) is 10.7. The van der Waals surface area contributed by atoms with E-state index in [1.54, 1.807) is 36.4 Å². The van der Waals surface area contributed by atoms with Crippen molar-refractivity contribution in [2.75, 3.05) is 18.1 Å². The van der Waals surface area contributed by atoms with Gasteiger partial charge in [0, 0.05) is 21.5 Å². The van der Waals surface area contributed by atoms with Gasteiger partial charge in [-0.1, -0.05) is 59.1 Å². The number of aryl methyl sites for hydroxylation is 1. The Labute approximate surface area is 202 Å². The van der Waals surface area contributed by atoms with Crippen LogP contribution in [0.4, 0.5) is 5.69 Å². The van der Waals surface area contributed by atoms with Gasteiger partial charge in [0.1, 0.15) is 0 Å². The average molecular weight is 509 g/mol. The minimum Gasteiger partial charge on any atom is -0.324 e. The molecule has 0 aliphatic rings. The zero-order valence-electron chi connectivity index (χ0n) is 17.5. The highest BCUT2D eigenvalue weighted by molar-refractivity contribution is 7.98. The van der Waals surface area contributed by atoms with Gasteiger partial charge >= 0.3 is 0 Å². The molecule has 0 atom stereocenters. The highest BCUT2D eigenvalue weighted by Crippen LogP contribution is 2.27. The number of nitrogens with one attached hydrogen (secondary N) is 1. The topological polar surface area (TPSA) is 66.5 Å². The van der Waals surface area contributed by atoms with Gasteiger partial charge in [0.15, 0.2) is 0 Å². The van der Waals surface area contributed by atoms with Crippen molar-refractivity contribution in [3.8, 4) is 0 Å². The molecule has 3 aromatic rings. The molecule has 0 heterocycles. The number of halogens is 2. The molecule has 32 heavy (non-hydrogen) atoms. The van der Waals surface area contributed by atoms with Crippen LogP contribution in [0, 0.1) is 6.92 Å². The molecule has 0 spiro atoms. The molecule has 3 rings (SSSR count). The largest absolute Gasteiger partial charge is 0.324 e. The van der Waals surface area contributed by atoms with Crippen LogP contribution < -0.4 is 5.32 Å². The maximum Gasteiger partial charge on any atom is 0.243 e. The number of thioether (sulfide) groups is 1. The quantitative estimate of drug-likeness (QED) is 0.387. The van der Waals surface area contributed by atoms with E-state index in [0.29, 0.717) is 21.3 Å². The smallest absolute Gasteiger partial charge is 0.243 e. The van der Waals surface area contributed by atoms with Crippen molar-refractivity contribution in [3.05, 3.63) is 87.9 Å². The van der Waals surface area contributed by atoms with Gasteiger partial charge in [0.2, 0.25) is 15.9 Å². The predicted molar refractivity (Wildman–Crippen MR) is 132 cm³/mol. The van der Waals surface area contributed by atoms with Gasteiger partial charge in [-0.05, 0) is 55.1 Å². The Morgan fingerprint density at radius 3 is 2.38 bits per heavy atom. The van der Waals surface area contributed by atoms with Crippen LogP contribution in [0.5, 0.6) is 0 Å². The van der Waals surface area contributed by atoms with E-state index in [-0.39, 0.29) is 18.0 Å². The molecule has 0 radical (unpaired) electrons. The first-order valence-electron chi connectivity index (χ1n) is 9.64. The van der Waals surface area contributed by atoms with Gasteiger partial charge in [-0.3, -0.25) is 4.79 Å². The van der Waals surface area contributed by atoms with Gasteiger partial charge in [-0.2, -0.15) is 4.31 Å². The molecule has 3 aromatic carbocycles. The second kappa shape index (κ2) is 10.7. The molecule has 0 saturated heterocycles. The standard InChI is InChI=1S/C23H22Cl2N2O3S2/c1-16-7-11-19(12-8-16)32(29,30)27(14-17-9-10-18(24)13-20(17)25)15-23(28)26-21-5-3-4-6-22(21)31-2/h3-13H,14-15H2,1-2H3,(H,26,28). The van der Waals surface area contributed by atoms with E-state index in [9.17, 15) is 13.2 Å². The van der Waals surface area contributed by atoms with Crippen LogP contribution in [-0.4, -0.2) is 31.4 Å². The van der Waals surface area contributed by atoms with Crippen LogP contribution in [0.25, 0.3) is 0 Å². The van der Waals surface area contributed by atoms with Crippen LogP contribution in [0.15, 0.2) is 76.5 Å². The molecule has 1 N–H and O–H groups in total. The summed E-state index contributed by atoms with van der Waals surface area (Å²) in [5, 5.41) is 3.59. The number of rotatable bonds is 8. The van der Waals surface area contributed by atoms with Crippen molar-refractivity contribution in [1.29, 1.82) is 0 Å². The zero-order valence-corrected chi connectivity index (χ0v) is 20.7.